The Hall–Kier alpha value is -4.92. The maximum atomic E-state index is 13.6. The number of nitrogens with one attached hydrogen (secondary N) is 1. The van der Waals surface area contributed by atoms with E-state index in [1.165, 1.54) is 6.08 Å². The number of nitrogens with two attached hydrogens (primary N) is 1. The van der Waals surface area contributed by atoms with E-state index in [-0.39, 0.29) is 16.6 Å². The molecule has 49 heavy (non-hydrogen) atoms. The molecule has 8 nitrogen and oxygen atoms in total. The summed E-state index contributed by atoms with van der Waals surface area (Å²) < 4.78 is 9.07. The summed E-state index contributed by atoms with van der Waals surface area (Å²) in [4.78, 5) is 23.3. The minimum absolute atomic E-state index is 0.0697. The van der Waals surface area contributed by atoms with Gasteiger partial charge in [-0.2, -0.15) is 0 Å². The molecule has 0 amide bonds. The van der Waals surface area contributed by atoms with E-state index in [4.69, 9.17) is 44.1 Å². The molecule has 5 aromatic rings. The summed E-state index contributed by atoms with van der Waals surface area (Å²) in [5.74, 6) is 1.41. The SMILES string of the molecule is C=C(/C=C\C(=N)Cl)C(N=C(N)c1ccc(OC)cc1)(c1ccc2c(c1)c(-c1cccc(Cl)c1)cc(=O)n2CC1CC1)c1cncn1C.CC. The summed E-state index contributed by atoms with van der Waals surface area (Å²) >= 11 is 12.4. The predicted octanol–water partition coefficient (Wildman–Crippen LogP) is 8.48. The highest BCUT2D eigenvalue weighted by Crippen LogP contribution is 2.43. The van der Waals surface area contributed by atoms with E-state index in [9.17, 15) is 4.79 Å². The van der Waals surface area contributed by atoms with Crippen LogP contribution in [0.5, 0.6) is 5.75 Å². The highest BCUT2D eigenvalue weighted by Gasteiger charge is 2.40. The fourth-order valence-electron chi connectivity index (χ4n) is 5.95. The third-order valence-electron chi connectivity index (χ3n) is 8.56. The molecule has 2 heterocycles. The molecule has 1 atom stereocenters. The summed E-state index contributed by atoms with van der Waals surface area (Å²) in [5.41, 5.74) is 10.4. The molecule has 0 radical (unpaired) electrons. The first-order chi connectivity index (χ1) is 23.6. The maximum absolute atomic E-state index is 13.6. The van der Waals surface area contributed by atoms with Gasteiger partial charge in [0, 0.05) is 35.6 Å². The number of rotatable bonds is 11. The molecule has 3 aromatic carbocycles. The van der Waals surface area contributed by atoms with Gasteiger partial charge in [0.2, 0.25) is 0 Å². The zero-order valence-corrected chi connectivity index (χ0v) is 29.6. The number of nitrogens with zero attached hydrogens (tertiary/aromatic N) is 4. The van der Waals surface area contributed by atoms with Crippen LogP contribution >= 0.6 is 23.2 Å². The zero-order valence-electron chi connectivity index (χ0n) is 28.1. The van der Waals surface area contributed by atoms with Crippen molar-refractivity contribution in [3.8, 4) is 16.9 Å². The lowest BCUT2D eigenvalue weighted by atomic mass is 9.79. The molecule has 252 valence electrons. The highest BCUT2D eigenvalue weighted by atomic mass is 35.5. The van der Waals surface area contributed by atoms with Crippen molar-refractivity contribution in [3.63, 3.8) is 0 Å². The van der Waals surface area contributed by atoms with Gasteiger partial charge in [-0.05, 0) is 95.6 Å². The number of allylic oxidation sites excluding steroid dienone is 1. The largest absolute Gasteiger partial charge is 0.497 e. The Balaban J connectivity index is 0.00000230. The second-order valence-corrected chi connectivity index (χ2v) is 12.6. The number of benzene rings is 3. The number of hydrogen-bond acceptors (Lipinski definition) is 5. The molecule has 1 fully saturated rings. The van der Waals surface area contributed by atoms with Crippen molar-refractivity contribution >= 4 is 45.1 Å². The standard InChI is InChI=1S/C37H34Cl2N6O2.C2H6/c1-23(7-16-34(39)40)37(33-20-42-22-44(33)2,43-36(41)25-10-13-29(47-3)14-11-25)27-12-15-32-31(18-27)30(26-5-4-6-28(38)17-26)19-35(46)45(32)21-24-8-9-24;1-2/h4-7,10-20,22,24,40H,1,8-9,21H2,2-3H3,(H2,41,43);1-2H3/b16-7-,40-34?;. The Bertz CT molecular complexity index is 2130. The molecule has 0 bridgehead atoms. The van der Waals surface area contributed by atoms with Gasteiger partial charge in [0.1, 0.15) is 16.8 Å². The van der Waals surface area contributed by atoms with E-state index in [0.717, 1.165) is 40.4 Å². The van der Waals surface area contributed by atoms with E-state index in [1.807, 2.05) is 96.8 Å². The van der Waals surface area contributed by atoms with Crippen molar-refractivity contribution in [1.82, 2.24) is 14.1 Å². The van der Waals surface area contributed by atoms with Crippen LogP contribution < -0.4 is 16.0 Å². The lowest BCUT2D eigenvalue weighted by Gasteiger charge is -2.33. The van der Waals surface area contributed by atoms with Crippen LogP contribution in [0.25, 0.3) is 22.0 Å². The van der Waals surface area contributed by atoms with Gasteiger partial charge in [-0.25, -0.2) is 9.98 Å². The molecule has 3 N–H and O–H groups in total. The smallest absolute Gasteiger partial charge is 0.251 e. The van der Waals surface area contributed by atoms with Crippen LogP contribution in [-0.2, 0) is 19.1 Å². The van der Waals surface area contributed by atoms with Gasteiger partial charge in [-0.1, -0.05) is 67.9 Å². The van der Waals surface area contributed by atoms with Crippen molar-refractivity contribution in [2.24, 2.45) is 23.7 Å². The van der Waals surface area contributed by atoms with E-state index in [2.05, 4.69) is 11.6 Å². The zero-order chi connectivity index (χ0) is 35.3. The number of halogens is 2. The van der Waals surface area contributed by atoms with Gasteiger partial charge < -0.3 is 19.6 Å². The number of imidazole rings is 1. The Kier molecular flexibility index (Phi) is 10.9. The van der Waals surface area contributed by atoms with Crippen molar-refractivity contribution in [1.29, 1.82) is 5.41 Å². The average Bonchev–Trinajstić information content (AvgIpc) is 3.84. The van der Waals surface area contributed by atoms with Crippen molar-refractivity contribution in [3.05, 3.63) is 142 Å². The number of methoxy groups -OCH3 is 1. The second-order valence-electron chi connectivity index (χ2n) is 11.7. The van der Waals surface area contributed by atoms with Gasteiger partial charge in [0.05, 0.1) is 30.8 Å². The van der Waals surface area contributed by atoms with E-state index in [1.54, 1.807) is 31.8 Å². The number of fused-ring (bicyclic) bond motifs is 1. The van der Waals surface area contributed by atoms with Crippen LogP contribution in [0, 0.1) is 11.3 Å². The van der Waals surface area contributed by atoms with Crippen LogP contribution in [0.3, 0.4) is 0 Å². The molecule has 1 saturated carbocycles. The van der Waals surface area contributed by atoms with Gasteiger partial charge in [-0.3, -0.25) is 10.2 Å². The van der Waals surface area contributed by atoms with Crippen LogP contribution in [-0.4, -0.2) is 32.2 Å². The molecule has 1 aliphatic rings. The topological polar surface area (TPSA) is 111 Å². The molecule has 1 aliphatic carbocycles. The number of aromatic nitrogens is 3. The molecular weight excluding hydrogens is 655 g/mol. The predicted molar refractivity (Wildman–Crippen MR) is 202 cm³/mol. The fourth-order valence-corrected chi connectivity index (χ4v) is 6.20. The number of aliphatic imine (C=N–C) groups is 1. The maximum Gasteiger partial charge on any atom is 0.251 e. The normalized spacial score (nSPS) is 14.3. The molecule has 10 heteroatoms. The van der Waals surface area contributed by atoms with Gasteiger partial charge in [0.15, 0.2) is 5.54 Å². The second kappa shape index (κ2) is 15.1. The number of amidine groups is 1. The third-order valence-corrected chi connectivity index (χ3v) is 8.92. The quantitative estimate of drug-likeness (QED) is 0.0821. The summed E-state index contributed by atoms with van der Waals surface area (Å²) in [5, 5.41) is 9.13. The Morgan fingerprint density at radius 2 is 1.86 bits per heavy atom. The first-order valence-electron chi connectivity index (χ1n) is 16.1. The number of aryl methyl sites for hydroxylation is 1. The monoisotopic (exact) mass is 694 g/mol. The molecule has 2 aromatic heterocycles. The molecular formula is C39H40Cl2N6O2. The van der Waals surface area contributed by atoms with Crippen LogP contribution in [0.15, 0.2) is 119 Å². The summed E-state index contributed by atoms with van der Waals surface area (Å²) in [6, 6.07) is 22.4. The summed E-state index contributed by atoms with van der Waals surface area (Å²) in [7, 11) is 3.48. The Morgan fingerprint density at radius 1 is 1.12 bits per heavy atom. The first-order valence-corrected chi connectivity index (χ1v) is 16.9. The summed E-state index contributed by atoms with van der Waals surface area (Å²) in [6.45, 7) is 9.11. The minimum atomic E-state index is -1.32. The fraction of sp³-hybridized carbons (Fsp3) is 0.231. The molecule has 0 aliphatic heterocycles. The van der Waals surface area contributed by atoms with Crippen LogP contribution in [0.2, 0.25) is 5.02 Å². The number of ether oxygens (including phenoxy) is 1. The number of pyridine rings is 1. The summed E-state index contributed by atoms with van der Waals surface area (Å²) in [6.07, 6.45) is 8.75. The van der Waals surface area contributed by atoms with Crippen molar-refractivity contribution < 1.29 is 4.74 Å². The van der Waals surface area contributed by atoms with E-state index >= 15 is 0 Å². The van der Waals surface area contributed by atoms with Crippen LogP contribution in [0.1, 0.15) is 43.5 Å². The molecule has 0 spiro atoms. The molecule has 6 rings (SSSR count). The van der Waals surface area contributed by atoms with Gasteiger partial charge in [-0.15, -0.1) is 0 Å². The molecule has 0 saturated heterocycles. The van der Waals surface area contributed by atoms with Gasteiger partial charge >= 0.3 is 0 Å². The van der Waals surface area contributed by atoms with E-state index in [0.29, 0.717) is 40.1 Å². The third kappa shape index (κ3) is 7.41. The van der Waals surface area contributed by atoms with Crippen LogP contribution in [0.4, 0.5) is 0 Å². The molecule has 1 unspecified atom stereocenters. The van der Waals surface area contributed by atoms with E-state index < -0.39 is 5.54 Å². The van der Waals surface area contributed by atoms with Crippen molar-refractivity contribution in [2.45, 2.75) is 38.8 Å². The Morgan fingerprint density at radius 3 is 2.47 bits per heavy atom. The number of hydrogen-bond donors (Lipinski definition) is 2. The lowest BCUT2D eigenvalue weighted by Crippen LogP contribution is -2.33. The minimum Gasteiger partial charge on any atom is -0.497 e. The average molecular weight is 696 g/mol. The van der Waals surface area contributed by atoms with Crippen molar-refractivity contribution in [2.75, 3.05) is 7.11 Å². The first kappa shape index (κ1) is 35.4. The van der Waals surface area contributed by atoms with Gasteiger partial charge in [0.25, 0.3) is 5.56 Å². The highest BCUT2D eigenvalue weighted by molar-refractivity contribution is 6.67. The lowest BCUT2D eigenvalue weighted by molar-refractivity contribution is 0.415. The Labute approximate surface area is 296 Å².